The molecule has 0 bridgehead atoms. The van der Waals surface area contributed by atoms with Crippen LogP contribution in [0.25, 0.3) is 97.4 Å². The highest BCUT2D eigenvalue weighted by Gasteiger charge is 2.21. The quantitative estimate of drug-likeness (QED) is 0.177. The van der Waals surface area contributed by atoms with Gasteiger partial charge in [0.05, 0.1) is 22.1 Å². The number of hydrogen-bond acceptors (Lipinski definition) is 1. The minimum absolute atomic E-state index is 1.16. The van der Waals surface area contributed by atoms with Gasteiger partial charge in [-0.25, -0.2) is 0 Å². The molecule has 0 aliphatic carbocycles. The predicted octanol–water partition coefficient (Wildman–Crippen LogP) is 13.6. The van der Waals surface area contributed by atoms with Gasteiger partial charge in [-0.05, 0) is 76.9 Å². The van der Waals surface area contributed by atoms with Gasteiger partial charge >= 0.3 is 0 Å². The van der Waals surface area contributed by atoms with Crippen molar-refractivity contribution in [3.05, 3.63) is 182 Å². The standard InChI is InChI=1S/C48H30N2S/c1-4-13-31(14-5-1)33-17-12-20-36(27-33)50-42-22-11-10-21-37(42)40-29-41-45(30-44(40)50)49(35-18-8-3-9-19-35)43-26-25-39-38-24-23-34(32-15-6-2-7-16-32)28-46(38)51-48(39)47(41)43/h1-30H. The molecule has 51 heavy (non-hydrogen) atoms. The van der Waals surface area contributed by atoms with E-state index in [1.54, 1.807) is 0 Å². The zero-order valence-corrected chi connectivity index (χ0v) is 28.4. The normalized spacial score (nSPS) is 11.9. The Kier molecular flexibility index (Phi) is 6.16. The molecule has 0 radical (unpaired) electrons. The number of nitrogens with zero attached hydrogens (tertiary/aromatic N) is 2. The van der Waals surface area contributed by atoms with Crippen LogP contribution in [-0.4, -0.2) is 9.13 Å². The van der Waals surface area contributed by atoms with E-state index in [2.05, 4.69) is 191 Å². The largest absolute Gasteiger partial charge is 0.309 e. The minimum atomic E-state index is 1.16. The minimum Gasteiger partial charge on any atom is -0.309 e. The van der Waals surface area contributed by atoms with Gasteiger partial charge in [0.2, 0.25) is 0 Å². The first-order valence-electron chi connectivity index (χ1n) is 17.4. The summed E-state index contributed by atoms with van der Waals surface area (Å²) in [5, 5.41) is 7.75. The van der Waals surface area contributed by atoms with Gasteiger partial charge in [-0.2, -0.15) is 0 Å². The van der Waals surface area contributed by atoms with E-state index in [1.165, 1.54) is 86.0 Å². The molecule has 0 spiro atoms. The van der Waals surface area contributed by atoms with Crippen molar-refractivity contribution in [2.45, 2.75) is 0 Å². The third-order valence-corrected chi connectivity index (χ3v) is 11.7. The molecule has 3 heteroatoms. The Morgan fingerprint density at radius 1 is 0.314 bits per heavy atom. The van der Waals surface area contributed by atoms with E-state index in [9.17, 15) is 0 Å². The Hall–Kier alpha value is -6.42. The van der Waals surface area contributed by atoms with E-state index in [-0.39, 0.29) is 0 Å². The fraction of sp³-hybridized carbons (Fsp3) is 0. The lowest BCUT2D eigenvalue weighted by molar-refractivity contribution is 1.17. The van der Waals surface area contributed by atoms with Crippen LogP contribution in [0.15, 0.2) is 182 Å². The monoisotopic (exact) mass is 666 g/mol. The molecule has 0 fully saturated rings. The summed E-state index contributed by atoms with van der Waals surface area (Å²) in [7, 11) is 0. The van der Waals surface area contributed by atoms with Crippen LogP contribution in [0.1, 0.15) is 0 Å². The van der Waals surface area contributed by atoms with Crippen LogP contribution in [0, 0.1) is 0 Å². The predicted molar refractivity (Wildman–Crippen MR) is 219 cm³/mol. The van der Waals surface area contributed by atoms with Crippen LogP contribution in [0.3, 0.4) is 0 Å². The van der Waals surface area contributed by atoms with Crippen molar-refractivity contribution >= 4 is 75.1 Å². The van der Waals surface area contributed by atoms with Crippen molar-refractivity contribution in [2.75, 3.05) is 0 Å². The van der Waals surface area contributed by atoms with Gasteiger partial charge in [0.15, 0.2) is 0 Å². The van der Waals surface area contributed by atoms with Crippen molar-refractivity contribution in [2.24, 2.45) is 0 Å². The number of para-hydroxylation sites is 2. The summed E-state index contributed by atoms with van der Waals surface area (Å²) in [4.78, 5) is 0. The Labute approximate surface area is 298 Å². The molecule has 0 saturated carbocycles. The smallest absolute Gasteiger partial charge is 0.0562 e. The van der Waals surface area contributed by atoms with E-state index in [4.69, 9.17) is 0 Å². The fourth-order valence-electron chi connectivity index (χ4n) is 8.19. The molecular weight excluding hydrogens is 637 g/mol. The zero-order valence-electron chi connectivity index (χ0n) is 27.6. The number of hydrogen-bond donors (Lipinski definition) is 0. The Balaban J connectivity index is 1.24. The lowest BCUT2D eigenvalue weighted by atomic mass is 10.0. The van der Waals surface area contributed by atoms with Gasteiger partial charge in [-0.15, -0.1) is 11.3 Å². The first-order valence-corrected chi connectivity index (χ1v) is 18.3. The molecule has 3 aromatic heterocycles. The molecule has 8 aromatic carbocycles. The first-order chi connectivity index (χ1) is 25.3. The zero-order chi connectivity index (χ0) is 33.5. The van der Waals surface area contributed by atoms with Crippen molar-refractivity contribution in [3.8, 4) is 33.6 Å². The molecule has 0 aliphatic heterocycles. The van der Waals surface area contributed by atoms with Crippen LogP contribution >= 0.6 is 11.3 Å². The first kappa shape index (κ1) is 28.4. The molecule has 11 rings (SSSR count). The highest BCUT2D eigenvalue weighted by molar-refractivity contribution is 7.26. The Bertz CT molecular complexity index is 3110. The summed E-state index contributed by atoms with van der Waals surface area (Å²) in [5.74, 6) is 0. The van der Waals surface area contributed by atoms with E-state index < -0.39 is 0 Å². The van der Waals surface area contributed by atoms with Crippen molar-refractivity contribution < 1.29 is 0 Å². The number of aromatic nitrogens is 2. The van der Waals surface area contributed by atoms with Crippen molar-refractivity contribution in [1.82, 2.24) is 9.13 Å². The Morgan fingerprint density at radius 2 is 0.922 bits per heavy atom. The molecule has 3 heterocycles. The molecule has 2 nitrogen and oxygen atoms in total. The highest BCUT2D eigenvalue weighted by atomic mass is 32.1. The third kappa shape index (κ3) is 4.29. The molecule has 0 atom stereocenters. The second-order valence-corrected chi connectivity index (χ2v) is 14.4. The lowest BCUT2D eigenvalue weighted by Gasteiger charge is -2.11. The molecule has 0 N–H and O–H groups in total. The number of benzene rings is 8. The maximum atomic E-state index is 2.46. The Morgan fingerprint density at radius 3 is 1.71 bits per heavy atom. The molecule has 0 unspecified atom stereocenters. The number of rotatable bonds is 4. The van der Waals surface area contributed by atoms with Gasteiger partial charge in [-0.3, -0.25) is 0 Å². The summed E-state index contributed by atoms with van der Waals surface area (Å²) in [6.07, 6.45) is 0. The van der Waals surface area contributed by atoms with Gasteiger partial charge in [0.25, 0.3) is 0 Å². The average Bonchev–Trinajstić information content (AvgIpc) is 3.85. The van der Waals surface area contributed by atoms with Crippen LogP contribution < -0.4 is 0 Å². The summed E-state index contributed by atoms with van der Waals surface area (Å²) < 4.78 is 7.57. The molecule has 238 valence electrons. The van der Waals surface area contributed by atoms with E-state index >= 15 is 0 Å². The van der Waals surface area contributed by atoms with Crippen LogP contribution in [0.4, 0.5) is 0 Å². The van der Waals surface area contributed by atoms with E-state index in [1.807, 2.05) is 11.3 Å². The van der Waals surface area contributed by atoms with Crippen LogP contribution in [0.2, 0.25) is 0 Å². The number of fused-ring (bicyclic) bond motifs is 10. The third-order valence-electron chi connectivity index (χ3n) is 10.5. The molecule has 0 aliphatic rings. The molecule has 0 amide bonds. The van der Waals surface area contributed by atoms with E-state index in [0.717, 1.165) is 11.4 Å². The van der Waals surface area contributed by atoms with Gasteiger partial charge < -0.3 is 9.13 Å². The van der Waals surface area contributed by atoms with Gasteiger partial charge in [0, 0.05) is 53.1 Å². The topological polar surface area (TPSA) is 9.86 Å². The van der Waals surface area contributed by atoms with Crippen LogP contribution in [-0.2, 0) is 0 Å². The summed E-state index contributed by atoms with van der Waals surface area (Å²) in [5.41, 5.74) is 12.1. The molecule has 0 saturated heterocycles. The lowest BCUT2D eigenvalue weighted by Crippen LogP contribution is -1.96. The fourth-order valence-corrected chi connectivity index (χ4v) is 9.49. The second-order valence-electron chi connectivity index (χ2n) is 13.3. The van der Waals surface area contributed by atoms with Crippen LogP contribution in [0.5, 0.6) is 0 Å². The summed E-state index contributed by atoms with van der Waals surface area (Å²) in [6.45, 7) is 0. The van der Waals surface area contributed by atoms with Crippen molar-refractivity contribution in [1.29, 1.82) is 0 Å². The summed E-state index contributed by atoms with van der Waals surface area (Å²) in [6, 6.07) is 66.5. The summed E-state index contributed by atoms with van der Waals surface area (Å²) >= 11 is 1.92. The highest BCUT2D eigenvalue weighted by Crippen LogP contribution is 2.46. The SMILES string of the molecule is c1ccc(-c2cccc(-n3c4ccccc4c4cc5c6c7sc8cc(-c9ccccc9)ccc8c7ccc6n(-c6ccccc6)c5cc43)c2)cc1. The molecule has 11 aromatic rings. The van der Waals surface area contributed by atoms with Crippen molar-refractivity contribution in [3.63, 3.8) is 0 Å². The maximum absolute atomic E-state index is 2.46. The maximum Gasteiger partial charge on any atom is 0.0562 e. The molecular formula is C48H30N2S. The second kappa shape index (κ2) is 11.0. The van der Waals surface area contributed by atoms with Gasteiger partial charge in [0.1, 0.15) is 0 Å². The number of thiophene rings is 1. The van der Waals surface area contributed by atoms with Gasteiger partial charge in [-0.1, -0.05) is 127 Å². The average molecular weight is 667 g/mol. The van der Waals surface area contributed by atoms with E-state index in [0.29, 0.717) is 0 Å².